The van der Waals surface area contributed by atoms with E-state index in [9.17, 15) is 29.1 Å². The van der Waals surface area contributed by atoms with Gasteiger partial charge in [0.25, 0.3) is 5.91 Å². The molecule has 2 aromatic heterocycles. The Morgan fingerprint density at radius 1 is 1.12 bits per heavy atom. The van der Waals surface area contributed by atoms with Crippen molar-refractivity contribution in [2.75, 3.05) is 36.9 Å². The van der Waals surface area contributed by atoms with Crippen LogP contribution in [0.2, 0.25) is 0 Å². The second kappa shape index (κ2) is 16.8. The van der Waals surface area contributed by atoms with Gasteiger partial charge >= 0.3 is 18.1 Å². The average molecular weight is 704 g/mol. The van der Waals surface area contributed by atoms with Crippen LogP contribution < -0.4 is 20.9 Å². The van der Waals surface area contributed by atoms with Gasteiger partial charge in [-0.1, -0.05) is 6.92 Å². The van der Waals surface area contributed by atoms with Crippen LogP contribution in [0.3, 0.4) is 0 Å². The fourth-order valence-electron chi connectivity index (χ4n) is 5.86. The van der Waals surface area contributed by atoms with Crippen LogP contribution in [0.25, 0.3) is 11.0 Å². The summed E-state index contributed by atoms with van der Waals surface area (Å²) in [5.41, 5.74) is 0.365. The van der Waals surface area contributed by atoms with E-state index in [4.69, 9.17) is 10.00 Å². The summed E-state index contributed by atoms with van der Waals surface area (Å²) in [5, 5.41) is 27.2. The molecule has 1 saturated heterocycles. The van der Waals surface area contributed by atoms with Gasteiger partial charge in [-0.2, -0.15) is 5.26 Å². The fourth-order valence-corrected chi connectivity index (χ4v) is 5.86. The third-order valence-electron chi connectivity index (χ3n) is 8.60. The first-order chi connectivity index (χ1) is 24.2. The van der Waals surface area contributed by atoms with Crippen molar-refractivity contribution in [3.63, 3.8) is 0 Å². The van der Waals surface area contributed by atoms with Crippen molar-refractivity contribution in [1.82, 2.24) is 30.1 Å². The number of nitrogens with zero attached hydrogens (tertiary/aromatic N) is 6. The lowest BCUT2D eigenvalue weighted by molar-refractivity contribution is -0.139. The first-order valence-electron chi connectivity index (χ1n) is 16.8. The normalized spacial score (nSPS) is 16.4. The summed E-state index contributed by atoms with van der Waals surface area (Å²) in [7, 11) is 1.89. The van der Waals surface area contributed by atoms with Crippen LogP contribution in [0.15, 0.2) is 42.9 Å². The first-order valence-corrected chi connectivity index (χ1v) is 16.8. The van der Waals surface area contributed by atoms with Crippen molar-refractivity contribution < 1.29 is 33.8 Å². The van der Waals surface area contributed by atoms with Gasteiger partial charge in [-0.15, -0.1) is 0 Å². The number of ether oxygens (including phenoxy) is 1. The fraction of sp³-hybridized carbons (Fsp3) is 0.486. The van der Waals surface area contributed by atoms with Gasteiger partial charge in [0.1, 0.15) is 30.2 Å². The van der Waals surface area contributed by atoms with Gasteiger partial charge in [-0.05, 0) is 82.7 Å². The zero-order valence-electron chi connectivity index (χ0n) is 29.5. The molecule has 51 heavy (non-hydrogen) atoms. The zero-order valence-corrected chi connectivity index (χ0v) is 29.5. The van der Waals surface area contributed by atoms with Gasteiger partial charge in [0.2, 0.25) is 5.91 Å². The highest BCUT2D eigenvalue weighted by molar-refractivity contribution is 6.01. The zero-order chi connectivity index (χ0) is 37.3. The van der Waals surface area contributed by atoms with Crippen LogP contribution in [0, 0.1) is 17.2 Å². The number of nitrogens with one attached hydrogen (secondary N) is 3. The molecular formula is C35H45N9O7. The summed E-state index contributed by atoms with van der Waals surface area (Å²) in [6.07, 6.45) is 4.13. The summed E-state index contributed by atoms with van der Waals surface area (Å²) < 4.78 is 6.52. The average Bonchev–Trinajstić information content (AvgIpc) is 3.52. The van der Waals surface area contributed by atoms with Crippen LogP contribution in [0.5, 0.6) is 0 Å². The number of rotatable bonds is 12. The molecule has 3 aromatic rings. The number of aliphatic carboxylic acids is 1. The van der Waals surface area contributed by atoms with Crippen LogP contribution in [0.4, 0.5) is 21.1 Å². The molecule has 0 saturated carbocycles. The van der Waals surface area contributed by atoms with Crippen molar-refractivity contribution in [1.29, 1.82) is 5.26 Å². The highest BCUT2D eigenvalue weighted by atomic mass is 16.6. The number of carbonyl (C=O) groups is 5. The van der Waals surface area contributed by atoms with E-state index in [0.29, 0.717) is 55.0 Å². The van der Waals surface area contributed by atoms with Crippen LogP contribution in [-0.2, 0) is 14.3 Å². The topological polar surface area (TPSA) is 212 Å². The second-order valence-electron chi connectivity index (χ2n) is 13.5. The van der Waals surface area contributed by atoms with Crippen LogP contribution in [-0.4, -0.2) is 98.8 Å². The molecule has 1 aliphatic heterocycles. The minimum atomic E-state index is -1.18. The number of likely N-dealkylation sites (N-methyl/N-ethyl adjacent to an activating group) is 1. The Hall–Kier alpha value is -5.72. The predicted octanol–water partition coefficient (Wildman–Crippen LogP) is 3.98. The van der Waals surface area contributed by atoms with Crippen molar-refractivity contribution in [2.45, 2.75) is 77.5 Å². The first kappa shape index (κ1) is 38.1. The Labute approximate surface area is 296 Å². The highest BCUT2D eigenvalue weighted by Gasteiger charge is 2.33. The SMILES string of the molecule is C[C@@H]1CCN(C(=O)CC#N)C[C@@H]1N(C)c1ncnc2c1ccn2C(=O)Nc1ccc(C(=O)N[C@@H](CCCCNC(=O)OC(C)(C)C)C(=O)O)cc1. The monoisotopic (exact) mass is 703 g/mol. The Morgan fingerprint density at radius 3 is 2.51 bits per heavy atom. The molecular weight excluding hydrogens is 658 g/mol. The lowest BCUT2D eigenvalue weighted by Gasteiger charge is -2.42. The number of unbranched alkanes of at least 4 members (excludes halogenated alkanes) is 1. The van der Waals surface area contributed by atoms with E-state index in [1.165, 1.54) is 35.2 Å². The van der Waals surface area contributed by atoms with E-state index in [2.05, 4.69) is 32.8 Å². The summed E-state index contributed by atoms with van der Waals surface area (Å²) in [6, 6.07) is 8.01. The third-order valence-corrected chi connectivity index (χ3v) is 8.60. The summed E-state index contributed by atoms with van der Waals surface area (Å²) in [5.74, 6) is -1.11. The van der Waals surface area contributed by atoms with Gasteiger partial charge in [0.15, 0.2) is 5.65 Å². The number of hydrogen-bond acceptors (Lipinski definition) is 10. The predicted molar refractivity (Wildman–Crippen MR) is 188 cm³/mol. The number of carboxylic acid groups (broad SMARTS) is 1. The Morgan fingerprint density at radius 2 is 1.84 bits per heavy atom. The van der Waals surface area contributed by atoms with Gasteiger partial charge < -0.3 is 35.6 Å². The minimum Gasteiger partial charge on any atom is -0.480 e. The number of carbonyl (C=O) groups excluding carboxylic acids is 4. The molecule has 0 spiro atoms. The highest BCUT2D eigenvalue weighted by Crippen LogP contribution is 2.30. The lowest BCUT2D eigenvalue weighted by atomic mass is 9.92. The van der Waals surface area contributed by atoms with Crippen molar-refractivity contribution in [3.8, 4) is 6.07 Å². The van der Waals surface area contributed by atoms with E-state index in [0.717, 1.165) is 6.42 Å². The molecule has 0 radical (unpaired) electrons. The maximum atomic E-state index is 13.3. The minimum absolute atomic E-state index is 0.0636. The van der Waals surface area contributed by atoms with Crippen molar-refractivity contribution in [3.05, 3.63) is 48.4 Å². The van der Waals surface area contributed by atoms with E-state index in [-0.39, 0.29) is 36.3 Å². The molecule has 0 unspecified atom stereocenters. The summed E-state index contributed by atoms with van der Waals surface area (Å²) in [6.45, 7) is 8.73. The van der Waals surface area contributed by atoms with E-state index >= 15 is 0 Å². The molecule has 3 atom stereocenters. The molecule has 4 N–H and O–H groups in total. The molecule has 0 aliphatic carbocycles. The molecule has 4 rings (SSSR count). The number of piperidine rings is 1. The quantitative estimate of drug-likeness (QED) is 0.198. The van der Waals surface area contributed by atoms with Gasteiger partial charge in [-0.3, -0.25) is 14.2 Å². The molecule has 272 valence electrons. The molecule has 1 fully saturated rings. The van der Waals surface area contributed by atoms with E-state index in [1.54, 1.807) is 37.9 Å². The number of likely N-dealkylation sites (tertiary alicyclic amines) is 1. The van der Waals surface area contributed by atoms with E-state index in [1.807, 2.05) is 18.0 Å². The summed E-state index contributed by atoms with van der Waals surface area (Å²) in [4.78, 5) is 74.7. The van der Waals surface area contributed by atoms with Crippen LogP contribution in [0.1, 0.15) is 70.2 Å². The summed E-state index contributed by atoms with van der Waals surface area (Å²) >= 11 is 0. The number of nitriles is 1. The number of aromatic nitrogens is 3. The Kier molecular flexibility index (Phi) is 12.5. The molecule has 16 heteroatoms. The molecule has 0 bridgehead atoms. The molecule has 1 aromatic carbocycles. The Balaban J connectivity index is 1.34. The molecule has 16 nitrogen and oxygen atoms in total. The van der Waals surface area contributed by atoms with Gasteiger partial charge in [0.05, 0.1) is 17.5 Å². The number of benzene rings is 1. The standard InChI is InChI=1S/C35H45N9O7/c1-22-14-18-43(28(45)13-16-36)20-27(22)42(5)29-25-15-19-44(30(25)39-21-38-29)33(49)40-24-11-9-23(10-12-24)31(46)41-26(32(47)48)8-6-7-17-37-34(50)51-35(2,3)4/h9-12,15,19,21-22,26-27H,6-8,13-14,17-18,20H2,1-5H3,(H,37,50)(H,40,49)(H,41,46)(H,47,48)/t22-,26+,27+/m1/s1. The molecule has 4 amide bonds. The number of carboxylic acids is 1. The molecule has 1 aliphatic rings. The number of fused-ring (bicyclic) bond motifs is 1. The lowest BCUT2D eigenvalue weighted by Crippen LogP contribution is -2.52. The third kappa shape index (κ3) is 10.2. The van der Waals surface area contributed by atoms with Gasteiger partial charge in [0, 0.05) is 44.1 Å². The second-order valence-corrected chi connectivity index (χ2v) is 13.5. The smallest absolute Gasteiger partial charge is 0.407 e. The Bertz CT molecular complexity index is 1780. The number of alkyl carbamates (subject to hydrolysis) is 1. The van der Waals surface area contributed by atoms with Crippen molar-refractivity contribution in [2.24, 2.45) is 5.92 Å². The largest absolute Gasteiger partial charge is 0.480 e. The van der Waals surface area contributed by atoms with Crippen LogP contribution >= 0.6 is 0 Å². The maximum absolute atomic E-state index is 13.3. The van der Waals surface area contributed by atoms with Crippen molar-refractivity contribution >= 4 is 52.4 Å². The van der Waals surface area contributed by atoms with Gasteiger partial charge in [-0.25, -0.2) is 24.4 Å². The number of amides is 4. The number of anilines is 2. The maximum Gasteiger partial charge on any atom is 0.407 e. The van der Waals surface area contributed by atoms with E-state index < -0.39 is 35.6 Å². The number of hydrogen-bond donors (Lipinski definition) is 4. The molecule has 3 heterocycles.